The average Bonchev–Trinajstić information content (AvgIpc) is 2.63. The zero-order valence-corrected chi connectivity index (χ0v) is 14.4. The Morgan fingerprint density at radius 1 is 1.08 bits per heavy atom. The van der Waals surface area contributed by atoms with Crippen molar-refractivity contribution in [3.8, 4) is 5.75 Å². The minimum absolute atomic E-state index is 0.132. The fourth-order valence-corrected chi connectivity index (χ4v) is 3.18. The number of benzene rings is 2. The molecule has 2 amide bonds. The van der Waals surface area contributed by atoms with Gasteiger partial charge in [0.25, 0.3) is 0 Å². The van der Waals surface area contributed by atoms with E-state index in [1.54, 1.807) is 0 Å². The molecule has 0 aliphatic heterocycles. The zero-order chi connectivity index (χ0) is 17.5. The van der Waals surface area contributed by atoms with Gasteiger partial charge in [-0.1, -0.05) is 30.3 Å². The molecule has 0 radical (unpaired) electrons. The quantitative estimate of drug-likeness (QED) is 0.706. The Hall–Kier alpha value is -2.27. The first kappa shape index (κ1) is 17.5. The minimum Gasteiger partial charge on any atom is -0.494 e. The van der Waals surface area contributed by atoms with Gasteiger partial charge in [0.2, 0.25) is 0 Å². The molecule has 1 aliphatic rings. The van der Waals surface area contributed by atoms with Gasteiger partial charge in [0, 0.05) is 12.6 Å². The molecule has 0 unspecified atom stereocenters. The summed E-state index contributed by atoms with van der Waals surface area (Å²) in [6.07, 6.45) is 3.78. The van der Waals surface area contributed by atoms with E-state index in [0.29, 0.717) is 13.2 Å². The van der Waals surface area contributed by atoms with Crippen molar-refractivity contribution in [1.29, 1.82) is 0 Å². The van der Waals surface area contributed by atoms with Gasteiger partial charge >= 0.3 is 6.03 Å². The summed E-state index contributed by atoms with van der Waals surface area (Å²) in [5.74, 6) is 0.851. The van der Waals surface area contributed by atoms with E-state index < -0.39 is 0 Å². The van der Waals surface area contributed by atoms with Crippen LogP contribution in [0.15, 0.2) is 42.5 Å². The smallest absolute Gasteiger partial charge is 0.315 e. The second-order valence-corrected chi connectivity index (χ2v) is 6.62. The lowest BCUT2D eigenvalue weighted by atomic mass is 9.93. The highest BCUT2D eigenvalue weighted by atomic mass is 16.5. The van der Waals surface area contributed by atoms with Crippen LogP contribution in [0.2, 0.25) is 0 Å². The summed E-state index contributed by atoms with van der Waals surface area (Å²) in [6, 6.07) is 14.3. The van der Waals surface area contributed by atoms with Gasteiger partial charge in [-0.25, -0.2) is 4.79 Å². The summed E-state index contributed by atoms with van der Waals surface area (Å²) in [5.41, 5.74) is 0. The molecule has 3 N–H and O–H groups in total. The van der Waals surface area contributed by atoms with E-state index in [4.69, 9.17) is 4.74 Å². The molecule has 5 nitrogen and oxygen atoms in total. The molecule has 0 bridgehead atoms. The van der Waals surface area contributed by atoms with E-state index in [9.17, 15) is 9.90 Å². The highest BCUT2D eigenvalue weighted by molar-refractivity contribution is 5.83. The van der Waals surface area contributed by atoms with Crippen LogP contribution in [0, 0.1) is 0 Å². The summed E-state index contributed by atoms with van der Waals surface area (Å²) in [7, 11) is 0. The monoisotopic (exact) mass is 342 g/mol. The third-order valence-corrected chi connectivity index (χ3v) is 4.63. The molecule has 1 aliphatic carbocycles. The van der Waals surface area contributed by atoms with Gasteiger partial charge in [-0.05, 0) is 55.0 Å². The molecule has 1 saturated carbocycles. The number of hydrogen-bond acceptors (Lipinski definition) is 3. The van der Waals surface area contributed by atoms with E-state index >= 15 is 0 Å². The van der Waals surface area contributed by atoms with Crippen molar-refractivity contribution in [2.75, 3.05) is 13.2 Å². The van der Waals surface area contributed by atoms with Gasteiger partial charge in [0.15, 0.2) is 0 Å². The van der Waals surface area contributed by atoms with Crippen molar-refractivity contribution in [3.63, 3.8) is 0 Å². The van der Waals surface area contributed by atoms with Gasteiger partial charge in [-0.15, -0.1) is 0 Å². The second kappa shape index (κ2) is 8.72. The normalized spacial score (nSPS) is 20.2. The number of carbonyl (C=O) groups is 1. The number of aliphatic hydroxyl groups excluding tert-OH is 1. The van der Waals surface area contributed by atoms with Crippen molar-refractivity contribution in [2.24, 2.45) is 0 Å². The predicted octanol–water partition coefficient (Wildman–Crippen LogP) is 3.21. The number of urea groups is 1. The maximum atomic E-state index is 11.8. The summed E-state index contributed by atoms with van der Waals surface area (Å²) < 4.78 is 5.76. The van der Waals surface area contributed by atoms with Gasteiger partial charge in [-0.3, -0.25) is 0 Å². The summed E-state index contributed by atoms with van der Waals surface area (Å²) in [6.45, 7) is 1.14. The topological polar surface area (TPSA) is 70.6 Å². The number of aliphatic hydroxyl groups is 1. The molecule has 25 heavy (non-hydrogen) atoms. The number of amides is 2. The third kappa shape index (κ3) is 5.36. The van der Waals surface area contributed by atoms with Crippen LogP contribution in [0.5, 0.6) is 5.75 Å². The van der Waals surface area contributed by atoms with Crippen LogP contribution in [0.4, 0.5) is 4.79 Å². The van der Waals surface area contributed by atoms with E-state index in [1.165, 1.54) is 5.39 Å². The van der Waals surface area contributed by atoms with Crippen LogP contribution in [0.1, 0.15) is 32.1 Å². The molecule has 1 fully saturated rings. The Kier molecular flexibility index (Phi) is 6.12. The fraction of sp³-hybridized carbons (Fsp3) is 0.450. The highest BCUT2D eigenvalue weighted by Crippen LogP contribution is 2.20. The first-order chi connectivity index (χ1) is 12.2. The number of carbonyl (C=O) groups excluding carboxylic acids is 1. The lowest BCUT2D eigenvalue weighted by Crippen LogP contribution is -2.44. The van der Waals surface area contributed by atoms with Crippen molar-refractivity contribution >= 4 is 16.8 Å². The van der Waals surface area contributed by atoms with Crippen LogP contribution in [-0.4, -0.2) is 36.4 Å². The number of hydrogen-bond donors (Lipinski definition) is 3. The van der Waals surface area contributed by atoms with Crippen LogP contribution < -0.4 is 15.4 Å². The predicted molar refractivity (Wildman–Crippen MR) is 98.9 cm³/mol. The number of rotatable bonds is 6. The summed E-state index contributed by atoms with van der Waals surface area (Å²) in [5, 5.41) is 17.7. The molecule has 134 valence electrons. The Morgan fingerprint density at radius 2 is 1.84 bits per heavy atom. The fourth-order valence-electron chi connectivity index (χ4n) is 3.18. The van der Waals surface area contributed by atoms with Crippen molar-refractivity contribution in [3.05, 3.63) is 42.5 Å². The zero-order valence-electron chi connectivity index (χ0n) is 14.4. The molecule has 5 heteroatoms. The van der Waals surface area contributed by atoms with Crippen LogP contribution in [-0.2, 0) is 0 Å². The van der Waals surface area contributed by atoms with Gasteiger partial charge in [0.05, 0.1) is 12.7 Å². The van der Waals surface area contributed by atoms with Gasteiger partial charge < -0.3 is 20.5 Å². The molecule has 2 aromatic carbocycles. The largest absolute Gasteiger partial charge is 0.494 e. The maximum absolute atomic E-state index is 11.8. The van der Waals surface area contributed by atoms with E-state index in [-0.39, 0.29) is 18.2 Å². The lowest BCUT2D eigenvalue weighted by molar-refractivity contribution is 0.117. The number of nitrogens with one attached hydrogen (secondary N) is 2. The first-order valence-electron chi connectivity index (χ1n) is 9.05. The SMILES string of the molecule is O=C(NCCCOc1ccc2ccccc2c1)NC1CCC(O)CC1. The molecule has 0 atom stereocenters. The van der Waals surface area contributed by atoms with Crippen LogP contribution >= 0.6 is 0 Å². The van der Waals surface area contributed by atoms with Crippen LogP contribution in [0.3, 0.4) is 0 Å². The Labute approximate surface area is 148 Å². The second-order valence-electron chi connectivity index (χ2n) is 6.62. The number of ether oxygens (including phenoxy) is 1. The Bertz CT molecular complexity index is 696. The van der Waals surface area contributed by atoms with E-state index in [2.05, 4.69) is 28.8 Å². The minimum atomic E-state index is -0.201. The molecular weight excluding hydrogens is 316 g/mol. The number of fused-ring (bicyclic) bond motifs is 1. The van der Waals surface area contributed by atoms with Crippen LogP contribution in [0.25, 0.3) is 10.8 Å². The maximum Gasteiger partial charge on any atom is 0.315 e. The molecule has 0 spiro atoms. The third-order valence-electron chi connectivity index (χ3n) is 4.63. The first-order valence-corrected chi connectivity index (χ1v) is 9.05. The van der Waals surface area contributed by atoms with E-state index in [0.717, 1.165) is 43.2 Å². The van der Waals surface area contributed by atoms with Crippen molar-refractivity contribution in [2.45, 2.75) is 44.2 Å². The van der Waals surface area contributed by atoms with Crippen molar-refractivity contribution < 1.29 is 14.6 Å². The molecule has 3 rings (SSSR count). The van der Waals surface area contributed by atoms with Gasteiger partial charge in [-0.2, -0.15) is 0 Å². The lowest BCUT2D eigenvalue weighted by Gasteiger charge is -2.26. The molecule has 0 aromatic heterocycles. The van der Waals surface area contributed by atoms with Crippen molar-refractivity contribution in [1.82, 2.24) is 10.6 Å². The Balaban J connectivity index is 1.32. The molecule has 0 heterocycles. The Morgan fingerprint density at radius 3 is 2.64 bits per heavy atom. The summed E-state index contributed by atoms with van der Waals surface area (Å²) >= 11 is 0. The molecular formula is C20H26N2O3. The van der Waals surface area contributed by atoms with E-state index in [1.807, 2.05) is 24.3 Å². The molecule has 2 aromatic rings. The molecule has 0 saturated heterocycles. The summed E-state index contributed by atoms with van der Waals surface area (Å²) in [4.78, 5) is 11.8. The van der Waals surface area contributed by atoms with Gasteiger partial charge in [0.1, 0.15) is 5.75 Å². The standard InChI is InChI=1S/C20H26N2O3/c23-18-9-7-17(8-10-18)22-20(24)21-12-3-13-25-19-11-6-15-4-1-2-5-16(15)14-19/h1-2,4-6,11,14,17-18,23H,3,7-10,12-13H2,(H2,21,22,24). The average molecular weight is 342 g/mol. The highest BCUT2D eigenvalue weighted by Gasteiger charge is 2.20.